The average molecular weight is 919 g/mol. The van der Waals surface area contributed by atoms with Crippen LogP contribution >= 0.6 is 0 Å². The van der Waals surface area contributed by atoms with E-state index in [1.54, 1.807) is 24.3 Å². The number of rotatable bonds is 34. The topological polar surface area (TPSA) is 208 Å². The molecule has 356 valence electrons. The van der Waals surface area contributed by atoms with E-state index in [1.807, 2.05) is 24.3 Å². The molecule has 2 aliphatic heterocycles. The zero-order valence-corrected chi connectivity index (χ0v) is 37.1. The maximum absolute atomic E-state index is 13.9. The smallest absolute Gasteiger partial charge is 0.261 e. The van der Waals surface area contributed by atoms with E-state index in [9.17, 15) is 19.2 Å². The molecule has 0 aromatic heterocycles. The molecule has 5 aromatic rings. The van der Waals surface area contributed by atoms with Crippen LogP contribution in [0.1, 0.15) is 41.4 Å². The van der Waals surface area contributed by atoms with Crippen molar-refractivity contribution in [3.05, 3.63) is 70.8 Å². The second kappa shape index (κ2) is 25.4. The van der Waals surface area contributed by atoms with Gasteiger partial charge in [0.1, 0.15) is 0 Å². The highest BCUT2D eigenvalue weighted by Crippen LogP contribution is 2.46. The maximum atomic E-state index is 13.9. The van der Waals surface area contributed by atoms with Gasteiger partial charge in [-0.1, -0.05) is 24.3 Å². The van der Waals surface area contributed by atoms with E-state index in [4.69, 9.17) is 57.6 Å². The van der Waals surface area contributed by atoms with Gasteiger partial charge < -0.3 is 57.6 Å². The van der Waals surface area contributed by atoms with Gasteiger partial charge in [-0.15, -0.1) is 0 Å². The Balaban J connectivity index is 0.894. The fraction of sp³-hybridized carbons (Fsp3) is 0.500. The van der Waals surface area contributed by atoms with Crippen LogP contribution in [0.3, 0.4) is 0 Å². The van der Waals surface area contributed by atoms with Crippen LogP contribution in [-0.4, -0.2) is 202 Å². The molecule has 18 nitrogen and oxygen atoms in total. The molecule has 0 bridgehead atoms. The van der Waals surface area contributed by atoms with Gasteiger partial charge in [-0.05, 0) is 56.6 Å². The number of carbonyl (C=O) groups excluding carboxylic acids is 4. The van der Waals surface area contributed by atoms with Crippen LogP contribution in [0.2, 0.25) is 0 Å². The summed E-state index contributed by atoms with van der Waals surface area (Å²) in [5.74, 6) is -1.61. The maximum Gasteiger partial charge on any atom is 0.261 e. The predicted molar refractivity (Wildman–Crippen MR) is 241 cm³/mol. The number of imide groups is 2. The molecule has 0 aliphatic carbocycles. The van der Waals surface area contributed by atoms with Gasteiger partial charge in [0.15, 0.2) is 0 Å². The highest BCUT2D eigenvalue weighted by atomic mass is 16.6. The summed E-state index contributed by atoms with van der Waals surface area (Å²) in [6.45, 7) is 7.14. The summed E-state index contributed by atoms with van der Waals surface area (Å²) in [6, 6.07) is 14.5. The Morgan fingerprint density at radius 1 is 0.288 bits per heavy atom. The SMILES string of the molecule is O=C1c2ccc3c4ccc5c6c(ccc(c7ccc(c2c37)C(=O)N1CCOCCOCCOCCOCCOCCO)c64)C(=O)N(CCOCCOCCOCCOCCOCCO)C5=O. The molecule has 2 heterocycles. The van der Waals surface area contributed by atoms with Crippen molar-refractivity contribution >= 4 is 66.7 Å². The van der Waals surface area contributed by atoms with Crippen molar-refractivity contribution in [2.75, 3.05) is 158 Å². The average Bonchev–Trinajstić information content (AvgIpc) is 3.33. The van der Waals surface area contributed by atoms with Crippen LogP contribution in [0.4, 0.5) is 0 Å². The Kier molecular flexibility index (Phi) is 18.9. The molecule has 0 atom stereocenters. The zero-order chi connectivity index (χ0) is 46.1. The number of hydrogen-bond acceptors (Lipinski definition) is 16. The van der Waals surface area contributed by atoms with E-state index >= 15 is 0 Å². The number of benzene rings is 5. The number of ether oxygens (including phenoxy) is 10. The molecule has 18 heteroatoms. The summed E-state index contributed by atoms with van der Waals surface area (Å²) in [6.07, 6.45) is 0. The summed E-state index contributed by atoms with van der Waals surface area (Å²) in [4.78, 5) is 58.1. The number of aliphatic hydroxyl groups is 2. The lowest BCUT2D eigenvalue weighted by Gasteiger charge is -2.30. The third-order valence-corrected chi connectivity index (χ3v) is 11.2. The first-order chi connectivity index (χ1) is 32.5. The Morgan fingerprint density at radius 3 is 0.727 bits per heavy atom. The molecule has 0 unspecified atom stereocenters. The van der Waals surface area contributed by atoms with Gasteiger partial charge in [0, 0.05) is 33.0 Å². The van der Waals surface area contributed by atoms with Gasteiger partial charge in [-0.25, -0.2) is 0 Å². The second-order valence-electron chi connectivity index (χ2n) is 15.2. The number of nitrogens with zero attached hydrogens (tertiary/aromatic N) is 2. The van der Waals surface area contributed by atoms with Crippen molar-refractivity contribution < 1.29 is 76.8 Å². The van der Waals surface area contributed by atoms with E-state index in [0.29, 0.717) is 139 Å². The minimum absolute atomic E-state index is 0.0147. The Labute approximate surface area is 381 Å². The third kappa shape index (κ3) is 11.6. The van der Waals surface area contributed by atoms with E-state index in [0.717, 1.165) is 32.3 Å². The minimum Gasteiger partial charge on any atom is -0.394 e. The monoisotopic (exact) mass is 918 g/mol. The Bertz CT molecular complexity index is 2120. The summed E-state index contributed by atoms with van der Waals surface area (Å²) in [5, 5.41) is 23.4. The second-order valence-corrected chi connectivity index (χ2v) is 15.2. The molecular weight excluding hydrogens is 861 g/mol. The van der Waals surface area contributed by atoms with E-state index in [1.165, 1.54) is 9.80 Å². The summed E-state index contributed by atoms with van der Waals surface area (Å²) < 4.78 is 54.5. The Hall–Kier alpha value is -4.80. The van der Waals surface area contributed by atoms with Crippen LogP contribution in [0.25, 0.3) is 43.1 Å². The molecule has 0 saturated heterocycles. The van der Waals surface area contributed by atoms with Crippen molar-refractivity contribution in [2.24, 2.45) is 0 Å². The van der Waals surface area contributed by atoms with Crippen molar-refractivity contribution in [3.8, 4) is 0 Å². The Morgan fingerprint density at radius 2 is 0.500 bits per heavy atom. The fourth-order valence-corrected chi connectivity index (χ4v) is 8.18. The molecule has 0 saturated carbocycles. The van der Waals surface area contributed by atoms with Gasteiger partial charge in [-0.3, -0.25) is 29.0 Å². The molecule has 2 N–H and O–H groups in total. The van der Waals surface area contributed by atoms with Gasteiger partial charge in [-0.2, -0.15) is 0 Å². The number of amides is 4. The minimum atomic E-state index is -0.403. The lowest BCUT2D eigenvalue weighted by Crippen LogP contribution is -2.42. The lowest BCUT2D eigenvalue weighted by atomic mass is 9.82. The largest absolute Gasteiger partial charge is 0.394 e. The molecule has 2 aliphatic rings. The van der Waals surface area contributed by atoms with Crippen LogP contribution in [-0.2, 0) is 47.4 Å². The molecule has 0 fully saturated rings. The number of hydrogen-bond donors (Lipinski definition) is 2. The van der Waals surface area contributed by atoms with Gasteiger partial charge in [0.2, 0.25) is 0 Å². The molecule has 5 aromatic carbocycles. The van der Waals surface area contributed by atoms with Crippen LogP contribution in [0, 0.1) is 0 Å². The van der Waals surface area contributed by atoms with Gasteiger partial charge >= 0.3 is 0 Å². The quantitative estimate of drug-likeness (QED) is 0.0263. The molecule has 7 rings (SSSR count). The first kappa shape index (κ1) is 49.1. The zero-order valence-electron chi connectivity index (χ0n) is 37.1. The van der Waals surface area contributed by atoms with E-state index in [2.05, 4.69) is 0 Å². The third-order valence-electron chi connectivity index (χ3n) is 11.2. The van der Waals surface area contributed by atoms with Gasteiger partial charge in [0.25, 0.3) is 23.6 Å². The van der Waals surface area contributed by atoms with Crippen LogP contribution in [0.15, 0.2) is 48.5 Å². The van der Waals surface area contributed by atoms with Crippen molar-refractivity contribution in [2.45, 2.75) is 0 Å². The fourth-order valence-electron chi connectivity index (χ4n) is 8.18. The summed E-state index contributed by atoms with van der Waals surface area (Å²) in [7, 11) is 0. The van der Waals surface area contributed by atoms with E-state index in [-0.39, 0.29) is 52.7 Å². The van der Waals surface area contributed by atoms with Gasteiger partial charge in [0.05, 0.1) is 158 Å². The summed E-state index contributed by atoms with van der Waals surface area (Å²) >= 11 is 0. The predicted octanol–water partition coefficient (Wildman–Crippen LogP) is 3.08. The first-order valence-electron chi connectivity index (χ1n) is 22.4. The van der Waals surface area contributed by atoms with Crippen molar-refractivity contribution in [3.63, 3.8) is 0 Å². The highest BCUT2D eigenvalue weighted by Gasteiger charge is 2.36. The van der Waals surface area contributed by atoms with Crippen molar-refractivity contribution in [1.82, 2.24) is 9.80 Å². The lowest BCUT2D eigenvalue weighted by molar-refractivity contribution is -0.0139. The first-order valence-corrected chi connectivity index (χ1v) is 22.4. The number of carbonyl (C=O) groups is 4. The molecule has 4 amide bonds. The highest BCUT2D eigenvalue weighted by molar-refractivity contribution is 6.41. The summed E-state index contributed by atoms with van der Waals surface area (Å²) in [5.41, 5.74) is 1.68. The molecule has 0 spiro atoms. The molecular formula is C48H58N2O16. The number of fused-ring (bicyclic) bond motifs is 2. The molecule has 0 radical (unpaired) electrons. The molecule has 66 heavy (non-hydrogen) atoms. The van der Waals surface area contributed by atoms with Crippen LogP contribution in [0.5, 0.6) is 0 Å². The number of aliphatic hydroxyl groups excluding tert-OH is 2. The standard InChI is InChI=1S/C48H58N2O16/c51-11-15-59-19-23-63-27-31-65-29-25-61-21-17-57-13-9-49-45(53)37-5-1-33-34-2-6-39-44-40(8-4-36(42(34)44)35-3-7-38(46(49)54)43(37)41(33)35)48(56)50(47(39)55)10-14-58-18-22-62-26-30-66-32-28-64-24-20-60-16-12-52/h1-8,51-52H,9-32H2. The van der Waals surface area contributed by atoms with Crippen LogP contribution < -0.4 is 0 Å². The van der Waals surface area contributed by atoms with Crippen molar-refractivity contribution in [1.29, 1.82) is 0 Å². The van der Waals surface area contributed by atoms with E-state index < -0.39 is 23.6 Å². The normalized spacial score (nSPS) is 13.9.